The van der Waals surface area contributed by atoms with Crippen LogP contribution in [0.25, 0.3) is 0 Å². The maximum atomic E-state index is 3.45. The van der Waals surface area contributed by atoms with Crippen LogP contribution in [0, 0.1) is 5.92 Å². The van der Waals surface area contributed by atoms with Gasteiger partial charge in [0.05, 0.1) is 0 Å². The van der Waals surface area contributed by atoms with Crippen molar-refractivity contribution >= 4 is 11.8 Å². The van der Waals surface area contributed by atoms with E-state index in [4.69, 9.17) is 0 Å². The summed E-state index contributed by atoms with van der Waals surface area (Å²) in [7, 11) is 0. The zero-order valence-corrected chi connectivity index (χ0v) is 10.7. The van der Waals surface area contributed by atoms with Crippen LogP contribution in [-0.2, 0) is 0 Å². The lowest BCUT2D eigenvalue weighted by atomic mass is 9.96. The molecule has 0 aromatic rings. The molecule has 1 heterocycles. The van der Waals surface area contributed by atoms with Gasteiger partial charge in [0, 0.05) is 5.25 Å². The van der Waals surface area contributed by atoms with Crippen LogP contribution in [0.3, 0.4) is 0 Å². The van der Waals surface area contributed by atoms with Crippen molar-refractivity contribution in [3.05, 3.63) is 0 Å². The minimum absolute atomic E-state index is 1.01. The first-order valence-electron chi connectivity index (χ1n) is 6.77. The van der Waals surface area contributed by atoms with Crippen LogP contribution in [0.1, 0.15) is 51.4 Å². The van der Waals surface area contributed by atoms with E-state index in [-0.39, 0.29) is 0 Å². The molecule has 1 aliphatic heterocycles. The highest BCUT2D eigenvalue weighted by atomic mass is 32.2. The summed E-state index contributed by atoms with van der Waals surface area (Å²) in [6.07, 6.45) is 11.8. The Bertz CT molecular complexity index is 142. The molecule has 2 rings (SSSR count). The van der Waals surface area contributed by atoms with Crippen molar-refractivity contribution < 1.29 is 0 Å². The molecule has 15 heavy (non-hydrogen) atoms. The zero-order chi connectivity index (χ0) is 10.3. The number of rotatable bonds is 4. The van der Waals surface area contributed by atoms with E-state index in [1.165, 1.54) is 70.2 Å². The Morgan fingerprint density at radius 3 is 2.40 bits per heavy atom. The van der Waals surface area contributed by atoms with Crippen molar-refractivity contribution in [2.24, 2.45) is 5.92 Å². The molecule has 0 radical (unpaired) electrons. The monoisotopic (exact) mass is 227 g/mol. The van der Waals surface area contributed by atoms with Crippen LogP contribution in [0.15, 0.2) is 0 Å². The molecule has 1 aliphatic carbocycles. The third-order valence-corrected chi connectivity index (χ3v) is 5.30. The molecule has 0 spiro atoms. The maximum Gasteiger partial charge on any atom is 0.00470 e. The fourth-order valence-electron chi connectivity index (χ4n) is 2.80. The van der Waals surface area contributed by atoms with E-state index in [0.29, 0.717) is 0 Å². The Labute approximate surface area is 98.8 Å². The molecule has 2 heteroatoms. The summed E-state index contributed by atoms with van der Waals surface area (Å²) in [5, 5.41) is 4.46. The minimum Gasteiger partial charge on any atom is -0.317 e. The van der Waals surface area contributed by atoms with Gasteiger partial charge < -0.3 is 5.32 Å². The van der Waals surface area contributed by atoms with Gasteiger partial charge in [0.25, 0.3) is 0 Å². The van der Waals surface area contributed by atoms with Crippen LogP contribution in [-0.4, -0.2) is 24.1 Å². The van der Waals surface area contributed by atoms with Crippen molar-refractivity contribution in [3.63, 3.8) is 0 Å². The molecule has 1 saturated heterocycles. The van der Waals surface area contributed by atoms with Gasteiger partial charge in [-0.25, -0.2) is 0 Å². The molecule has 1 saturated carbocycles. The zero-order valence-electron chi connectivity index (χ0n) is 9.84. The predicted molar refractivity (Wildman–Crippen MR) is 69.5 cm³/mol. The lowest BCUT2D eigenvalue weighted by Crippen LogP contribution is -2.28. The molecule has 0 bridgehead atoms. The van der Waals surface area contributed by atoms with E-state index in [1.54, 1.807) is 0 Å². The van der Waals surface area contributed by atoms with Crippen LogP contribution >= 0.6 is 11.8 Å². The second-order valence-corrected chi connectivity index (χ2v) is 6.52. The topological polar surface area (TPSA) is 12.0 Å². The maximum absolute atomic E-state index is 3.45. The molecule has 0 atom stereocenters. The van der Waals surface area contributed by atoms with Crippen LogP contribution in [0.4, 0.5) is 0 Å². The molecule has 0 amide bonds. The summed E-state index contributed by atoms with van der Waals surface area (Å²) in [6, 6.07) is 0. The van der Waals surface area contributed by atoms with Gasteiger partial charge >= 0.3 is 0 Å². The average Bonchev–Trinajstić information content (AvgIpc) is 2.32. The highest BCUT2D eigenvalue weighted by Crippen LogP contribution is 2.30. The molecule has 0 unspecified atom stereocenters. The van der Waals surface area contributed by atoms with E-state index in [9.17, 15) is 0 Å². The quantitative estimate of drug-likeness (QED) is 0.789. The van der Waals surface area contributed by atoms with Crippen LogP contribution < -0.4 is 5.32 Å². The first-order valence-corrected chi connectivity index (χ1v) is 7.82. The van der Waals surface area contributed by atoms with Gasteiger partial charge in [0.15, 0.2) is 0 Å². The lowest BCUT2D eigenvalue weighted by molar-refractivity contribution is 0.367. The van der Waals surface area contributed by atoms with Crippen LogP contribution in [0.5, 0.6) is 0 Å². The number of piperidine rings is 1. The predicted octanol–water partition coefficient (Wildman–Crippen LogP) is 3.44. The molecule has 2 aliphatic rings. The van der Waals surface area contributed by atoms with Crippen LogP contribution in [0.2, 0.25) is 0 Å². The number of thioether (sulfide) groups is 1. The Morgan fingerprint density at radius 2 is 1.67 bits per heavy atom. The SMILES string of the molecule is C1CCC(SCCC2CCNCC2)CC1. The van der Waals surface area contributed by atoms with Gasteiger partial charge in [-0.3, -0.25) is 0 Å². The molecule has 0 aromatic carbocycles. The number of hydrogen-bond donors (Lipinski definition) is 1. The highest BCUT2D eigenvalue weighted by molar-refractivity contribution is 7.99. The van der Waals surface area contributed by atoms with Crippen molar-refractivity contribution in [3.8, 4) is 0 Å². The Kier molecular flexibility index (Phi) is 5.34. The Balaban J connectivity index is 1.53. The summed E-state index contributed by atoms with van der Waals surface area (Å²) in [6.45, 7) is 2.53. The van der Waals surface area contributed by atoms with E-state index in [1.807, 2.05) is 0 Å². The minimum atomic E-state index is 1.01. The largest absolute Gasteiger partial charge is 0.317 e. The third-order valence-electron chi connectivity index (χ3n) is 3.89. The van der Waals surface area contributed by atoms with Gasteiger partial charge in [-0.1, -0.05) is 19.3 Å². The fourth-order valence-corrected chi connectivity index (χ4v) is 4.27. The van der Waals surface area contributed by atoms with E-state index >= 15 is 0 Å². The first-order chi connectivity index (χ1) is 7.45. The Morgan fingerprint density at radius 1 is 0.933 bits per heavy atom. The average molecular weight is 227 g/mol. The molecule has 2 fully saturated rings. The summed E-state index contributed by atoms with van der Waals surface area (Å²) < 4.78 is 0. The van der Waals surface area contributed by atoms with Gasteiger partial charge in [-0.2, -0.15) is 11.8 Å². The Hall–Kier alpha value is 0.310. The molecule has 1 nitrogen and oxygen atoms in total. The smallest absolute Gasteiger partial charge is 0.00470 e. The highest BCUT2D eigenvalue weighted by Gasteiger charge is 2.16. The molecular weight excluding hydrogens is 202 g/mol. The molecular formula is C13H25NS. The summed E-state index contributed by atoms with van der Waals surface area (Å²) in [4.78, 5) is 0. The normalized spacial score (nSPS) is 25.6. The second-order valence-electron chi connectivity index (χ2n) is 5.11. The second kappa shape index (κ2) is 6.80. The van der Waals surface area contributed by atoms with E-state index < -0.39 is 0 Å². The first kappa shape index (κ1) is 11.8. The molecule has 1 N–H and O–H groups in total. The van der Waals surface area contributed by atoms with Gasteiger partial charge in [-0.05, 0) is 56.9 Å². The summed E-state index contributed by atoms with van der Waals surface area (Å²) >= 11 is 2.27. The van der Waals surface area contributed by atoms with Gasteiger partial charge in [0.2, 0.25) is 0 Å². The number of nitrogens with one attached hydrogen (secondary N) is 1. The van der Waals surface area contributed by atoms with Gasteiger partial charge in [-0.15, -0.1) is 0 Å². The van der Waals surface area contributed by atoms with Crippen molar-refractivity contribution in [2.45, 2.75) is 56.6 Å². The molecule has 88 valence electrons. The fraction of sp³-hybridized carbons (Fsp3) is 1.00. The van der Waals surface area contributed by atoms with E-state index in [0.717, 1.165) is 11.2 Å². The van der Waals surface area contributed by atoms with Gasteiger partial charge in [0.1, 0.15) is 0 Å². The standard InChI is InChI=1S/C13H25NS/c1-2-4-13(5-3-1)15-11-8-12-6-9-14-10-7-12/h12-14H,1-11H2. The van der Waals surface area contributed by atoms with Crippen molar-refractivity contribution in [1.82, 2.24) is 5.32 Å². The summed E-state index contributed by atoms with van der Waals surface area (Å²) in [5.41, 5.74) is 0. The third kappa shape index (κ3) is 4.36. The number of hydrogen-bond acceptors (Lipinski definition) is 2. The van der Waals surface area contributed by atoms with E-state index in [2.05, 4.69) is 17.1 Å². The summed E-state index contributed by atoms with van der Waals surface area (Å²) in [5.74, 6) is 2.46. The lowest BCUT2D eigenvalue weighted by Gasteiger charge is -2.24. The van der Waals surface area contributed by atoms with Crippen molar-refractivity contribution in [2.75, 3.05) is 18.8 Å². The van der Waals surface area contributed by atoms with Crippen molar-refractivity contribution in [1.29, 1.82) is 0 Å². The molecule has 0 aromatic heterocycles.